The highest BCUT2D eigenvalue weighted by Gasteiger charge is 2.17. The molecule has 0 rings (SSSR count). The van der Waals surface area contributed by atoms with Crippen molar-refractivity contribution in [3.05, 3.63) is 12.7 Å². The third kappa shape index (κ3) is 7.86. The van der Waals surface area contributed by atoms with Gasteiger partial charge in [0.25, 0.3) is 0 Å². The highest BCUT2D eigenvalue weighted by atomic mass is 16.5. The molecule has 0 amide bonds. The van der Waals surface area contributed by atoms with Gasteiger partial charge in [-0.2, -0.15) is 5.26 Å². The lowest BCUT2D eigenvalue weighted by atomic mass is 9.90. The molecule has 0 aromatic heterocycles. The SMILES string of the molecule is C=CCN(CCCC(C)(C)C#N)CC(=O)OCC. The molecule has 0 saturated carbocycles. The first-order chi connectivity index (χ1) is 8.45. The first kappa shape index (κ1) is 16.7. The summed E-state index contributed by atoms with van der Waals surface area (Å²) in [5.41, 5.74) is -0.302. The standard InChI is InChI=1S/C14H24N2O2/c1-5-9-16(11-13(17)18-6-2)10-7-8-14(3,4)12-15/h5H,1,6-11H2,2-4H3. The highest BCUT2D eigenvalue weighted by molar-refractivity contribution is 5.71. The second-order valence-electron chi connectivity index (χ2n) is 4.93. The van der Waals surface area contributed by atoms with Gasteiger partial charge < -0.3 is 4.74 Å². The van der Waals surface area contributed by atoms with Gasteiger partial charge in [0.05, 0.1) is 24.6 Å². The molecule has 0 aliphatic carbocycles. The highest BCUT2D eigenvalue weighted by Crippen LogP contribution is 2.20. The fraction of sp³-hybridized carbons (Fsp3) is 0.714. The van der Waals surface area contributed by atoms with Crippen molar-refractivity contribution in [3.63, 3.8) is 0 Å². The zero-order valence-corrected chi connectivity index (χ0v) is 11.7. The number of hydrogen-bond acceptors (Lipinski definition) is 4. The van der Waals surface area contributed by atoms with Crippen molar-refractivity contribution in [2.75, 3.05) is 26.2 Å². The van der Waals surface area contributed by atoms with Gasteiger partial charge in [-0.05, 0) is 40.2 Å². The smallest absolute Gasteiger partial charge is 0.320 e. The van der Waals surface area contributed by atoms with Gasteiger partial charge in [-0.1, -0.05) is 6.08 Å². The summed E-state index contributed by atoms with van der Waals surface area (Å²) >= 11 is 0. The van der Waals surface area contributed by atoms with Crippen molar-refractivity contribution in [1.82, 2.24) is 4.90 Å². The van der Waals surface area contributed by atoms with Gasteiger partial charge in [-0.25, -0.2) is 0 Å². The van der Waals surface area contributed by atoms with E-state index in [4.69, 9.17) is 10.00 Å². The molecule has 4 nitrogen and oxygen atoms in total. The summed E-state index contributed by atoms with van der Waals surface area (Å²) in [4.78, 5) is 13.4. The van der Waals surface area contributed by atoms with E-state index >= 15 is 0 Å². The largest absolute Gasteiger partial charge is 0.465 e. The lowest BCUT2D eigenvalue weighted by molar-refractivity contribution is -0.144. The van der Waals surface area contributed by atoms with Crippen molar-refractivity contribution >= 4 is 5.97 Å². The molecular weight excluding hydrogens is 228 g/mol. The second-order valence-corrected chi connectivity index (χ2v) is 4.93. The van der Waals surface area contributed by atoms with Gasteiger partial charge in [0.2, 0.25) is 0 Å². The molecule has 0 atom stereocenters. The normalized spacial score (nSPS) is 11.1. The summed E-state index contributed by atoms with van der Waals surface area (Å²) in [6, 6.07) is 2.28. The van der Waals surface area contributed by atoms with E-state index in [1.807, 2.05) is 18.7 Å². The number of carbonyl (C=O) groups is 1. The fourth-order valence-corrected chi connectivity index (χ4v) is 1.61. The number of carbonyl (C=O) groups excluding carboxylic acids is 1. The third-order valence-electron chi connectivity index (χ3n) is 2.62. The van der Waals surface area contributed by atoms with E-state index < -0.39 is 0 Å². The molecule has 0 heterocycles. The van der Waals surface area contributed by atoms with Crippen LogP contribution in [0.2, 0.25) is 0 Å². The summed E-state index contributed by atoms with van der Waals surface area (Å²) in [5, 5.41) is 8.92. The van der Waals surface area contributed by atoms with E-state index in [1.54, 1.807) is 13.0 Å². The molecule has 0 spiro atoms. The Kier molecular flexibility index (Phi) is 8.06. The monoisotopic (exact) mass is 252 g/mol. The number of esters is 1. The molecule has 4 heteroatoms. The predicted molar refractivity (Wildman–Crippen MR) is 71.9 cm³/mol. The number of nitriles is 1. The molecule has 0 saturated heterocycles. The Balaban J connectivity index is 4.09. The Morgan fingerprint density at radius 1 is 1.56 bits per heavy atom. The van der Waals surface area contributed by atoms with Crippen molar-refractivity contribution in [2.24, 2.45) is 5.41 Å². The van der Waals surface area contributed by atoms with Gasteiger partial charge in [0, 0.05) is 6.54 Å². The molecule has 0 aromatic rings. The first-order valence-corrected chi connectivity index (χ1v) is 6.35. The average Bonchev–Trinajstić information content (AvgIpc) is 2.29. The lowest BCUT2D eigenvalue weighted by Crippen LogP contribution is -2.32. The van der Waals surface area contributed by atoms with Crippen molar-refractivity contribution in [2.45, 2.75) is 33.6 Å². The zero-order valence-electron chi connectivity index (χ0n) is 11.7. The first-order valence-electron chi connectivity index (χ1n) is 6.35. The maximum atomic E-state index is 11.4. The van der Waals surface area contributed by atoms with E-state index in [9.17, 15) is 4.79 Å². The summed E-state index contributed by atoms with van der Waals surface area (Å²) in [7, 11) is 0. The Morgan fingerprint density at radius 3 is 2.72 bits per heavy atom. The van der Waals surface area contributed by atoms with Gasteiger partial charge in [0.15, 0.2) is 0 Å². The quantitative estimate of drug-likeness (QED) is 0.467. The van der Waals surface area contributed by atoms with E-state index in [2.05, 4.69) is 12.6 Å². The van der Waals surface area contributed by atoms with Gasteiger partial charge in [-0.15, -0.1) is 6.58 Å². The Hall–Kier alpha value is -1.34. The zero-order chi connectivity index (χ0) is 14.0. The summed E-state index contributed by atoms with van der Waals surface area (Å²) in [6.45, 7) is 11.5. The van der Waals surface area contributed by atoms with Crippen LogP contribution in [0, 0.1) is 16.7 Å². The lowest BCUT2D eigenvalue weighted by Gasteiger charge is -2.21. The van der Waals surface area contributed by atoms with Crippen LogP contribution in [0.4, 0.5) is 0 Å². The van der Waals surface area contributed by atoms with E-state index in [1.165, 1.54) is 0 Å². The van der Waals surface area contributed by atoms with Crippen LogP contribution >= 0.6 is 0 Å². The van der Waals surface area contributed by atoms with E-state index in [0.29, 0.717) is 13.2 Å². The summed E-state index contributed by atoms with van der Waals surface area (Å²) in [6.07, 6.45) is 3.47. The van der Waals surface area contributed by atoms with Crippen LogP contribution < -0.4 is 0 Å². The number of hydrogen-bond donors (Lipinski definition) is 0. The molecule has 102 valence electrons. The van der Waals surface area contributed by atoms with Crippen LogP contribution in [0.25, 0.3) is 0 Å². The molecule has 0 fully saturated rings. The topological polar surface area (TPSA) is 53.3 Å². The number of rotatable bonds is 9. The maximum absolute atomic E-state index is 11.4. The maximum Gasteiger partial charge on any atom is 0.320 e. The number of nitrogens with zero attached hydrogens (tertiary/aromatic N) is 2. The van der Waals surface area contributed by atoms with E-state index in [-0.39, 0.29) is 17.9 Å². The van der Waals surface area contributed by atoms with Crippen LogP contribution in [0.15, 0.2) is 12.7 Å². The minimum atomic E-state index is -0.302. The van der Waals surface area contributed by atoms with Gasteiger partial charge in [0.1, 0.15) is 0 Å². The van der Waals surface area contributed by atoms with Crippen LogP contribution in [0.3, 0.4) is 0 Å². The molecule has 0 N–H and O–H groups in total. The average molecular weight is 252 g/mol. The van der Waals surface area contributed by atoms with Gasteiger partial charge >= 0.3 is 5.97 Å². The molecule has 0 aromatic carbocycles. The van der Waals surface area contributed by atoms with Crippen molar-refractivity contribution in [1.29, 1.82) is 5.26 Å². The second kappa shape index (κ2) is 8.71. The molecule has 18 heavy (non-hydrogen) atoms. The van der Waals surface area contributed by atoms with Crippen LogP contribution in [0.5, 0.6) is 0 Å². The van der Waals surface area contributed by atoms with Gasteiger partial charge in [-0.3, -0.25) is 9.69 Å². The minimum Gasteiger partial charge on any atom is -0.465 e. The van der Waals surface area contributed by atoms with E-state index in [0.717, 1.165) is 19.4 Å². The molecule has 0 aliphatic rings. The van der Waals surface area contributed by atoms with Crippen LogP contribution in [-0.4, -0.2) is 37.1 Å². The third-order valence-corrected chi connectivity index (χ3v) is 2.62. The molecule has 0 radical (unpaired) electrons. The number of ether oxygens (including phenoxy) is 1. The molecule has 0 bridgehead atoms. The molecular formula is C14H24N2O2. The Labute approximate surface area is 110 Å². The Morgan fingerprint density at radius 2 is 2.22 bits per heavy atom. The summed E-state index contributed by atoms with van der Waals surface area (Å²) < 4.78 is 4.92. The fourth-order valence-electron chi connectivity index (χ4n) is 1.61. The summed E-state index contributed by atoms with van der Waals surface area (Å²) in [5.74, 6) is -0.209. The molecule has 0 unspecified atom stereocenters. The van der Waals surface area contributed by atoms with Crippen molar-refractivity contribution in [3.8, 4) is 6.07 Å². The van der Waals surface area contributed by atoms with Crippen LogP contribution in [-0.2, 0) is 9.53 Å². The van der Waals surface area contributed by atoms with Crippen molar-refractivity contribution < 1.29 is 9.53 Å². The predicted octanol–water partition coefficient (Wildman–Crippen LogP) is 2.37. The molecule has 0 aliphatic heterocycles. The van der Waals surface area contributed by atoms with Crippen LogP contribution in [0.1, 0.15) is 33.6 Å². The minimum absolute atomic E-state index is 0.209. The Bertz CT molecular complexity index is 305.